The summed E-state index contributed by atoms with van der Waals surface area (Å²) in [7, 11) is 0. The summed E-state index contributed by atoms with van der Waals surface area (Å²) in [6, 6.07) is 0. The van der Waals surface area contributed by atoms with Crippen molar-refractivity contribution in [1.29, 1.82) is 0 Å². The number of alkyl halides is 1. The van der Waals surface area contributed by atoms with Crippen molar-refractivity contribution in [2.45, 2.75) is 25.6 Å². The quantitative estimate of drug-likeness (QED) is 0.585. The lowest BCUT2D eigenvalue weighted by Gasteiger charge is -2.10. The fourth-order valence-electron chi connectivity index (χ4n) is 0.433. The van der Waals surface area contributed by atoms with Crippen LogP contribution in [0.4, 0.5) is 0 Å². The third kappa shape index (κ3) is 3.28. The van der Waals surface area contributed by atoms with Crippen molar-refractivity contribution in [3.63, 3.8) is 0 Å². The molecule has 0 aliphatic rings. The molecule has 0 fully saturated rings. The molecule has 0 aliphatic heterocycles. The van der Waals surface area contributed by atoms with Gasteiger partial charge in [-0.3, -0.25) is 0 Å². The Balaban J connectivity index is 3.17. The van der Waals surface area contributed by atoms with Gasteiger partial charge in [-0.05, 0) is 19.3 Å². The van der Waals surface area contributed by atoms with Gasteiger partial charge in [-0.25, -0.2) is 0 Å². The van der Waals surface area contributed by atoms with Crippen LogP contribution in [0.1, 0.15) is 20.3 Å². The highest BCUT2D eigenvalue weighted by atomic mass is 35.5. The summed E-state index contributed by atoms with van der Waals surface area (Å²) in [5.41, 5.74) is 0. The summed E-state index contributed by atoms with van der Waals surface area (Å²) in [4.78, 5) is 0. The summed E-state index contributed by atoms with van der Waals surface area (Å²) < 4.78 is 0. The first-order valence-electron chi connectivity index (χ1n) is 2.93. The van der Waals surface area contributed by atoms with Crippen LogP contribution in [0.25, 0.3) is 0 Å². The molecule has 1 N–H and O–H groups in total. The zero-order valence-corrected chi connectivity index (χ0v) is 6.15. The zero-order valence-electron chi connectivity index (χ0n) is 5.39. The van der Waals surface area contributed by atoms with Crippen LogP contribution in [0.5, 0.6) is 0 Å². The molecule has 0 aliphatic carbocycles. The topological polar surface area (TPSA) is 20.2 Å². The molecular formula is C6H13ClO. The van der Waals surface area contributed by atoms with Crippen molar-refractivity contribution in [3.8, 4) is 0 Å². The lowest BCUT2D eigenvalue weighted by Crippen LogP contribution is -2.08. The van der Waals surface area contributed by atoms with E-state index in [4.69, 9.17) is 16.7 Å². The van der Waals surface area contributed by atoms with Gasteiger partial charge in [0, 0.05) is 12.0 Å². The molecule has 0 saturated carbocycles. The Morgan fingerprint density at radius 3 is 2.12 bits per heavy atom. The fourth-order valence-corrected chi connectivity index (χ4v) is 0.559. The second-order valence-corrected chi connectivity index (χ2v) is 2.86. The van der Waals surface area contributed by atoms with Crippen LogP contribution in [-0.2, 0) is 0 Å². The summed E-state index contributed by atoms with van der Waals surface area (Å²) in [6.07, 6.45) is 0.810. The second kappa shape index (κ2) is 4.16. The van der Waals surface area contributed by atoms with Crippen LogP contribution in [0.2, 0.25) is 0 Å². The number of rotatable bonds is 3. The Morgan fingerprint density at radius 1 is 1.50 bits per heavy atom. The monoisotopic (exact) mass is 136 g/mol. The first-order valence-corrected chi connectivity index (χ1v) is 3.37. The normalized spacial score (nSPS) is 18.0. The molecule has 2 heteroatoms. The van der Waals surface area contributed by atoms with E-state index in [1.54, 1.807) is 0 Å². The van der Waals surface area contributed by atoms with Crippen molar-refractivity contribution >= 4 is 11.6 Å². The van der Waals surface area contributed by atoms with E-state index in [2.05, 4.69) is 0 Å². The van der Waals surface area contributed by atoms with Crippen LogP contribution in [0.3, 0.4) is 0 Å². The third-order valence-corrected chi connectivity index (χ3v) is 1.80. The van der Waals surface area contributed by atoms with Crippen molar-refractivity contribution in [1.82, 2.24) is 0 Å². The molecular weight excluding hydrogens is 124 g/mol. The molecule has 0 aromatic heterocycles. The number of aliphatic hydroxyl groups is 1. The zero-order chi connectivity index (χ0) is 6.57. The second-order valence-electron chi connectivity index (χ2n) is 2.17. The number of aliphatic hydroxyl groups excluding tert-OH is 1. The van der Waals surface area contributed by atoms with E-state index in [0.717, 1.165) is 6.42 Å². The van der Waals surface area contributed by atoms with Gasteiger partial charge < -0.3 is 5.11 Å². The average Bonchev–Trinajstić information content (AvgIpc) is 1.67. The first-order chi connectivity index (χ1) is 3.68. The van der Waals surface area contributed by atoms with Gasteiger partial charge in [0.2, 0.25) is 0 Å². The maximum Gasteiger partial charge on any atom is 0.0434 e. The van der Waals surface area contributed by atoms with E-state index in [1.165, 1.54) is 0 Å². The number of halogens is 1. The van der Waals surface area contributed by atoms with E-state index in [0.29, 0.717) is 5.92 Å². The highest BCUT2D eigenvalue weighted by Gasteiger charge is 2.06. The largest absolute Gasteiger partial charge is 0.396 e. The molecule has 0 saturated heterocycles. The van der Waals surface area contributed by atoms with Crippen LogP contribution in [0, 0.1) is 5.92 Å². The molecule has 0 aromatic rings. The predicted molar refractivity (Wildman–Crippen MR) is 36.2 cm³/mol. The van der Waals surface area contributed by atoms with E-state index < -0.39 is 0 Å². The molecule has 0 radical (unpaired) electrons. The van der Waals surface area contributed by atoms with Crippen molar-refractivity contribution in [2.24, 2.45) is 5.92 Å². The molecule has 1 nitrogen and oxygen atoms in total. The Labute approximate surface area is 55.7 Å². The van der Waals surface area contributed by atoms with Crippen LogP contribution in [-0.4, -0.2) is 17.1 Å². The molecule has 0 spiro atoms. The molecule has 0 bridgehead atoms. The third-order valence-electron chi connectivity index (χ3n) is 1.37. The minimum absolute atomic E-state index is 0.183. The Kier molecular flexibility index (Phi) is 4.29. The molecule has 50 valence electrons. The van der Waals surface area contributed by atoms with E-state index in [-0.39, 0.29) is 12.0 Å². The van der Waals surface area contributed by atoms with E-state index >= 15 is 0 Å². The van der Waals surface area contributed by atoms with Gasteiger partial charge in [0.15, 0.2) is 0 Å². The fraction of sp³-hybridized carbons (Fsp3) is 1.00. The number of hydrogen-bond donors (Lipinski definition) is 1. The van der Waals surface area contributed by atoms with Crippen LogP contribution < -0.4 is 0 Å². The number of hydrogen-bond acceptors (Lipinski definition) is 1. The molecule has 0 heterocycles. The van der Waals surface area contributed by atoms with Gasteiger partial charge in [-0.2, -0.15) is 0 Å². The van der Waals surface area contributed by atoms with Crippen LogP contribution >= 0.6 is 11.6 Å². The summed E-state index contributed by atoms with van der Waals surface area (Å²) in [5.74, 6) is 0.432. The van der Waals surface area contributed by atoms with Crippen molar-refractivity contribution < 1.29 is 5.11 Å². The highest BCUT2D eigenvalue weighted by molar-refractivity contribution is 6.20. The SMILES string of the molecule is CC(Cl)C(C)CCO. The lowest BCUT2D eigenvalue weighted by atomic mass is 10.1. The molecule has 2 unspecified atom stereocenters. The molecule has 0 aromatic carbocycles. The smallest absolute Gasteiger partial charge is 0.0434 e. The van der Waals surface area contributed by atoms with Gasteiger partial charge in [-0.1, -0.05) is 6.92 Å². The molecule has 8 heavy (non-hydrogen) atoms. The van der Waals surface area contributed by atoms with Crippen molar-refractivity contribution in [2.75, 3.05) is 6.61 Å². The molecule has 0 rings (SSSR count). The van der Waals surface area contributed by atoms with Gasteiger partial charge in [-0.15, -0.1) is 11.6 Å². The van der Waals surface area contributed by atoms with E-state index in [1.807, 2.05) is 13.8 Å². The van der Waals surface area contributed by atoms with E-state index in [9.17, 15) is 0 Å². The van der Waals surface area contributed by atoms with Gasteiger partial charge >= 0.3 is 0 Å². The summed E-state index contributed by atoms with van der Waals surface area (Å²) in [6.45, 7) is 4.23. The van der Waals surface area contributed by atoms with Gasteiger partial charge in [0.05, 0.1) is 0 Å². The maximum atomic E-state index is 8.43. The summed E-state index contributed by atoms with van der Waals surface area (Å²) >= 11 is 5.70. The Hall–Kier alpha value is 0.250. The predicted octanol–water partition coefficient (Wildman–Crippen LogP) is 1.63. The van der Waals surface area contributed by atoms with Crippen LogP contribution in [0.15, 0.2) is 0 Å². The molecule has 2 atom stereocenters. The Bertz CT molecular complexity index is 54.5. The lowest BCUT2D eigenvalue weighted by molar-refractivity contribution is 0.262. The maximum absolute atomic E-state index is 8.43. The standard InChI is InChI=1S/C6H13ClO/c1-5(3-4-8)6(2)7/h5-6,8H,3-4H2,1-2H3. The first kappa shape index (κ1) is 8.25. The average molecular weight is 137 g/mol. The minimum atomic E-state index is 0.183. The molecule has 0 amide bonds. The highest BCUT2D eigenvalue weighted by Crippen LogP contribution is 2.11. The minimum Gasteiger partial charge on any atom is -0.396 e. The summed E-state index contributed by atoms with van der Waals surface area (Å²) in [5, 5.41) is 8.61. The van der Waals surface area contributed by atoms with Crippen molar-refractivity contribution in [3.05, 3.63) is 0 Å². The Morgan fingerprint density at radius 2 is 2.00 bits per heavy atom. The van der Waals surface area contributed by atoms with Gasteiger partial charge in [0.25, 0.3) is 0 Å². The van der Waals surface area contributed by atoms with Gasteiger partial charge in [0.1, 0.15) is 0 Å².